The van der Waals surface area contributed by atoms with Gasteiger partial charge in [-0.2, -0.15) is 0 Å². The number of aliphatic hydroxyl groups is 1. The minimum atomic E-state index is -0.663. The van der Waals surface area contributed by atoms with Crippen LogP contribution in [0.3, 0.4) is 0 Å². The van der Waals surface area contributed by atoms with E-state index in [0.717, 1.165) is 12.1 Å². The Kier molecular flexibility index (Phi) is 3.90. The zero-order valence-electron chi connectivity index (χ0n) is 11.9. The molecule has 1 fully saturated rings. The second-order valence-electron chi connectivity index (χ2n) is 5.65. The molecule has 1 aliphatic heterocycles. The Labute approximate surface area is 114 Å². The van der Waals surface area contributed by atoms with E-state index < -0.39 is 5.60 Å². The molecule has 2 atom stereocenters. The van der Waals surface area contributed by atoms with Crippen LogP contribution in [-0.2, 0) is 6.42 Å². The first-order valence-electron chi connectivity index (χ1n) is 6.90. The summed E-state index contributed by atoms with van der Waals surface area (Å²) in [5.74, 6) is 0.136. The third kappa shape index (κ3) is 2.95. The minimum Gasteiger partial charge on any atom is -0.390 e. The normalized spacial score (nSPS) is 27.4. The average molecular weight is 262 g/mol. The molecule has 4 nitrogen and oxygen atoms in total. The zero-order chi connectivity index (χ0) is 14.0. The van der Waals surface area contributed by atoms with Gasteiger partial charge in [-0.3, -0.25) is 9.78 Å². The van der Waals surface area contributed by atoms with Gasteiger partial charge in [0.05, 0.1) is 5.60 Å². The molecular formula is C15H22N2O2. The maximum absolute atomic E-state index is 12.4. The maximum Gasteiger partial charge on any atom is 0.253 e. The highest BCUT2D eigenvalue weighted by Gasteiger charge is 2.36. The monoisotopic (exact) mass is 262 g/mol. The minimum absolute atomic E-state index is 0.0412. The summed E-state index contributed by atoms with van der Waals surface area (Å²) in [6, 6.07) is 3.62. The van der Waals surface area contributed by atoms with Gasteiger partial charge >= 0.3 is 0 Å². The molecule has 1 amide bonds. The summed E-state index contributed by atoms with van der Waals surface area (Å²) in [5.41, 5.74) is 0.965. The van der Waals surface area contributed by atoms with Crippen LogP contribution in [0.25, 0.3) is 0 Å². The van der Waals surface area contributed by atoms with Crippen LogP contribution < -0.4 is 0 Å². The van der Waals surface area contributed by atoms with E-state index in [-0.39, 0.29) is 11.8 Å². The Morgan fingerprint density at radius 1 is 1.63 bits per heavy atom. The second-order valence-corrected chi connectivity index (χ2v) is 5.65. The van der Waals surface area contributed by atoms with Crippen LogP contribution in [0.1, 0.15) is 43.2 Å². The molecule has 1 N–H and O–H groups in total. The number of aryl methyl sites for hydroxylation is 1. The lowest BCUT2D eigenvalue weighted by Gasteiger charge is -2.41. The molecule has 1 aliphatic rings. The van der Waals surface area contributed by atoms with Crippen LogP contribution in [0, 0.1) is 5.92 Å². The van der Waals surface area contributed by atoms with Crippen LogP contribution in [0.15, 0.2) is 18.3 Å². The molecule has 1 saturated heterocycles. The van der Waals surface area contributed by atoms with Crippen molar-refractivity contribution in [3.05, 3.63) is 29.6 Å². The van der Waals surface area contributed by atoms with Gasteiger partial charge in [-0.1, -0.05) is 13.8 Å². The largest absolute Gasteiger partial charge is 0.390 e. The quantitative estimate of drug-likeness (QED) is 0.885. The molecule has 0 aromatic carbocycles. The van der Waals surface area contributed by atoms with Crippen molar-refractivity contribution in [2.45, 2.75) is 39.2 Å². The van der Waals surface area contributed by atoms with Crippen molar-refractivity contribution < 1.29 is 9.90 Å². The van der Waals surface area contributed by atoms with Gasteiger partial charge in [0.25, 0.3) is 5.91 Å². The van der Waals surface area contributed by atoms with E-state index in [2.05, 4.69) is 4.98 Å². The third-order valence-electron chi connectivity index (χ3n) is 4.16. The number of carbonyl (C=O) groups excluding carboxylic acids is 1. The van der Waals surface area contributed by atoms with Gasteiger partial charge in [0, 0.05) is 36.5 Å². The smallest absolute Gasteiger partial charge is 0.253 e. The summed E-state index contributed by atoms with van der Waals surface area (Å²) in [5, 5.41) is 10.1. The number of amides is 1. The Hall–Kier alpha value is -1.42. The van der Waals surface area contributed by atoms with Gasteiger partial charge in [-0.25, -0.2) is 0 Å². The molecule has 1 aromatic heterocycles. The predicted molar refractivity (Wildman–Crippen MR) is 73.9 cm³/mol. The summed E-state index contributed by atoms with van der Waals surface area (Å²) < 4.78 is 0. The Morgan fingerprint density at radius 3 is 3.00 bits per heavy atom. The van der Waals surface area contributed by atoms with Gasteiger partial charge in [-0.05, 0) is 31.9 Å². The maximum atomic E-state index is 12.4. The number of nitrogens with zero attached hydrogens (tertiary/aromatic N) is 2. The Morgan fingerprint density at radius 2 is 2.37 bits per heavy atom. The molecule has 2 heterocycles. The lowest BCUT2D eigenvalue weighted by Crippen LogP contribution is -2.50. The highest BCUT2D eigenvalue weighted by molar-refractivity contribution is 5.94. The molecule has 0 saturated carbocycles. The highest BCUT2D eigenvalue weighted by Crippen LogP contribution is 2.27. The lowest BCUT2D eigenvalue weighted by atomic mass is 9.84. The fourth-order valence-corrected chi connectivity index (χ4v) is 2.40. The van der Waals surface area contributed by atoms with Crippen molar-refractivity contribution in [1.82, 2.24) is 9.88 Å². The second kappa shape index (κ2) is 5.29. The molecular weight excluding hydrogens is 240 g/mol. The van der Waals surface area contributed by atoms with E-state index in [0.29, 0.717) is 25.1 Å². The van der Waals surface area contributed by atoms with Crippen molar-refractivity contribution in [3.63, 3.8) is 0 Å². The SMILES string of the molecule is CCc1cc(C(=O)N2CC[C@](C)(O)[C@H](C)C2)ccn1. The van der Waals surface area contributed by atoms with E-state index in [9.17, 15) is 9.90 Å². The average Bonchev–Trinajstić information content (AvgIpc) is 2.41. The molecule has 1 aromatic rings. The number of likely N-dealkylation sites (tertiary alicyclic amines) is 1. The van der Waals surface area contributed by atoms with Gasteiger partial charge in [0.15, 0.2) is 0 Å². The summed E-state index contributed by atoms with van der Waals surface area (Å²) >= 11 is 0. The number of hydrogen-bond acceptors (Lipinski definition) is 3. The van der Waals surface area contributed by atoms with Crippen LogP contribution in [0.4, 0.5) is 0 Å². The third-order valence-corrected chi connectivity index (χ3v) is 4.16. The summed E-state index contributed by atoms with van der Waals surface area (Å²) in [4.78, 5) is 18.5. The topological polar surface area (TPSA) is 53.4 Å². The summed E-state index contributed by atoms with van der Waals surface area (Å²) in [6.45, 7) is 7.08. The summed E-state index contributed by atoms with van der Waals surface area (Å²) in [6.07, 6.45) is 3.15. The zero-order valence-corrected chi connectivity index (χ0v) is 11.9. The number of carbonyl (C=O) groups is 1. The van der Waals surface area contributed by atoms with E-state index in [1.807, 2.05) is 31.7 Å². The Bertz CT molecular complexity index is 471. The number of rotatable bonds is 2. The molecule has 0 aliphatic carbocycles. The summed E-state index contributed by atoms with van der Waals surface area (Å²) in [7, 11) is 0. The van der Waals surface area contributed by atoms with Crippen molar-refractivity contribution in [1.29, 1.82) is 0 Å². The van der Waals surface area contributed by atoms with Crippen molar-refractivity contribution in [2.75, 3.05) is 13.1 Å². The predicted octanol–water partition coefficient (Wildman–Crippen LogP) is 1.88. The first-order chi connectivity index (χ1) is 8.94. The number of pyridine rings is 1. The molecule has 4 heteroatoms. The van der Waals surface area contributed by atoms with Crippen LogP contribution in [0.2, 0.25) is 0 Å². The van der Waals surface area contributed by atoms with E-state index >= 15 is 0 Å². The molecule has 0 spiro atoms. The van der Waals surface area contributed by atoms with Gasteiger partial charge < -0.3 is 10.0 Å². The van der Waals surface area contributed by atoms with Crippen molar-refractivity contribution in [3.8, 4) is 0 Å². The van der Waals surface area contributed by atoms with Crippen molar-refractivity contribution >= 4 is 5.91 Å². The van der Waals surface area contributed by atoms with Crippen LogP contribution >= 0.6 is 0 Å². The fraction of sp³-hybridized carbons (Fsp3) is 0.600. The molecule has 19 heavy (non-hydrogen) atoms. The van der Waals surface area contributed by atoms with Crippen LogP contribution in [0.5, 0.6) is 0 Å². The van der Waals surface area contributed by atoms with E-state index in [4.69, 9.17) is 0 Å². The van der Waals surface area contributed by atoms with Gasteiger partial charge in [0.2, 0.25) is 0 Å². The number of aromatic nitrogens is 1. The van der Waals surface area contributed by atoms with E-state index in [1.54, 1.807) is 12.3 Å². The number of hydrogen-bond donors (Lipinski definition) is 1. The van der Waals surface area contributed by atoms with Crippen LogP contribution in [-0.4, -0.2) is 39.6 Å². The lowest BCUT2D eigenvalue weighted by molar-refractivity contribution is -0.0439. The first-order valence-corrected chi connectivity index (χ1v) is 6.90. The van der Waals surface area contributed by atoms with Gasteiger partial charge in [-0.15, -0.1) is 0 Å². The molecule has 0 unspecified atom stereocenters. The van der Waals surface area contributed by atoms with Crippen molar-refractivity contribution in [2.24, 2.45) is 5.92 Å². The highest BCUT2D eigenvalue weighted by atomic mass is 16.3. The van der Waals surface area contributed by atoms with Gasteiger partial charge in [0.1, 0.15) is 0 Å². The molecule has 2 rings (SSSR count). The molecule has 0 bridgehead atoms. The molecule has 0 radical (unpaired) electrons. The Balaban J connectivity index is 2.12. The fourth-order valence-electron chi connectivity index (χ4n) is 2.40. The molecule has 104 valence electrons. The first kappa shape index (κ1) is 14.0. The number of piperidine rings is 1. The van der Waals surface area contributed by atoms with E-state index in [1.165, 1.54) is 0 Å². The standard InChI is InChI=1S/C15H22N2O2/c1-4-13-9-12(5-7-16-13)14(18)17-8-6-15(3,19)11(2)10-17/h5,7,9,11,19H,4,6,8,10H2,1-3H3/t11-,15+/m1/s1.